The van der Waals surface area contributed by atoms with E-state index in [0.717, 1.165) is 21.6 Å². The van der Waals surface area contributed by atoms with Crippen LogP contribution in [0.2, 0.25) is 0 Å². The van der Waals surface area contributed by atoms with E-state index in [0.29, 0.717) is 6.54 Å². The Labute approximate surface area is 104 Å². The van der Waals surface area contributed by atoms with Crippen LogP contribution < -0.4 is 5.73 Å². The third kappa shape index (κ3) is 3.28. The van der Waals surface area contributed by atoms with E-state index >= 15 is 0 Å². The predicted molar refractivity (Wildman–Crippen MR) is 66.8 cm³/mol. The minimum absolute atomic E-state index is 0. The Morgan fingerprint density at radius 1 is 1.33 bits per heavy atom. The van der Waals surface area contributed by atoms with E-state index in [1.54, 1.807) is 17.4 Å². The zero-order valence-corrected chi connectivity index (χ0v) is 10.2. The Bertz CT molecular complexity index is 433. The van der Waals surface area contributed by atoms with Crippen molar-refractivity contribution in [3.63, 3.8) is 0 Å². The molecule has 0 saturated carbocycles. The number of hydrogen-bond acceptors (Lipinski definition) is 3. The highest BCUT2D eigenvalue weighted by molar-refractivity contribution is 7.18. The van der Waals surface area contributed by atoms with Crippen molar-refractivity contribution in [3.05, 3.63) is 29.0 Å². The molecular formula is C9H11Cl2FN2S. The normalized spacial score (nSPS) is 9.47. The number of rotatable bonds is 2. The summed E-state index contributed by atoms with van der Waals surface area (Å²) in [6.45, 7) is 0.586. The lowest BCUT2D eigenvalue weighted by Crippen LogP contribution is -2.01. The second kappa shape index (κ2) is 6.23. The van der Waals surface area contributed by atoms with E-state index in [1.807, 2.05) is 0 Å². The highest BCUT2D eigenvalue weighted by atomic mass is 35.5. The van der Waals surface area contributed by atoms with Crippen LogP contribution in [0.1, 0.15) is 5.01 Å². The van der Waals surface area contributed by atoms with Gasteiger partial charge in [-0.1, -0.05) is 0 Å². The third-order valence-electron chi connectivity index (χ3n) is 1.75. The Hall–Kier alpha value is -0.420. The Morgan fingerprint density at radius 2 is 2.07 bits per heavy atom. The van der Waals surface area contributed by atoms with E-state index in [9.17, 15) is 4.39 Å². The number of nitrogens with two attached hydrogens (primary N) is 1. The fraction of sp³-hybridized carbons (Fsp3) is 0.222. The lowest BCUT2D eigenvalue weighted by Gasteiger charge is -1.86. The average molecular weight is 269 g/mol. The van der Waals surface area contributed by atoms with Gasteiger partial charge in [-0.25, -0.2) is 9.37 Å². The van der Waals surface area contributed by atoms with Crippen LogP contribution >= 0.6 is 36.2 Å². The zero-order valence-electron chi connectivity index (χ0n) is 7.77. The van der Waals surface area contributed by atoms with Crippen molar-refractivity contribution in [3.8, 4) is 0 Å². The molecule has 1 heterocycles. The lowest BCUT2D eigenvalue weighted by atomic mass is 10.3. The van der Waals surface area contributed by atoms with E-state index in [1.165, 1.54) is 12.1 Å². The lowest BCUT2D eigenvalue weighted by molar-refractivity contribution is 0.629. The fourth-order valence-corrected chi connectivity index (χ4v) is 2.14. The van der Waals surface area contributed by atoms with E-state index < -0.39 is 0 Å². The van der Waals surface area contributed by atoms with Crippen LogP contribution in [0.5, 0.6) is 0 Å². The largest absolute Gasteiger partial charge is 0.330 e. The van der Waals surface area contributed by atoms with Crippen LogP contribution in [0, 0.1) is 5.82 Å². The summed E-state index contributed by atoms with van der Waals surface area (Å²) in [6, 6.07) is 4.65. The van der Waals surface area contributed by atoms with E-state index in [4.69, 9.17) is 5.73 Å². The molecule has 84 valence electrons. The highest BCUT2D eigenvalue weighted by Crippen LogP contribution is 2.22. The molecular weight excluding hydrogens is 258 g/mol. The maximum absolute atomic E-state index is 12.8. The van der Waals surface area contributed by atoms with Crippen molar-refractivity contribution < 1.29 is 4.39 Å². The molecule has 0 aliphatic carbocycles. The quantitative estimate of drug-likeness (QED) is 0.910. The van der Waals surface area contributed by atoms with Crippen molar-refractivity contribution in [2.24, 2.45) is 5.73 Å². The molecule has 2 nitrogen and oxygen atoms in total. The van der Waals surface area contributed by atoms with Crippen LogP contribution in [0.3, 0.4) is 0 Å². The first kappa shape index (κ1) is 14.6. The molecule has 0 fully saturated rings. The van der Waals surface area contributed by atoms with Gasteiger partial charge in [0, 0.05) is 12.5 Å². The van der Waals surface area contributed by atoms with Gasteiger partial charge in [0.25, 0.3) is 0 Å². The van der Waals surface area contributed by atoms with E-state index in [2.05, 4.69) is 4.98 Å². The Balaban J connectivity index is 0.000000980. The minimum atomic E-state index is -0.239. The fourth-order valence-electron chi connectivity index (χ4n) is 1.18. The standard InChI is InChI=1S/C9H9FN2S.2ClH/c10-6-1-2-8-7(5-6)12-9(13-8)3-4-11;;/h1-2,5H,3-4,11H2;2*1H. The van der Waals surface area contributed by atoms with Crippen LogP contribution in [-0.2, 0) is 6.42 Å². The number of hydrogen-bond donors (Lipinski definition) is 1. The van der Waals surface area contributed by atoms with Crippen molar-refractivity contribution in [2.45, 2.75) is 6.42 Å². The summed E-state index contributed by atoms with van der Waals surface area (Å²) < 4.78 is 13.8. The number of fused-ring (bicyclic) bond motifs is 1. The number of benzene rings is 1. The number of halogens is 3. The molecule has 2 rings (SSSR count). The molecule has 2 aromatic rings. The van der Waals surface area contributed by atoms with Crippen LogP contribution in [-0.4, -0.2) is 11.5 Å². The van der Waals surface area contributed by atoms with Crippen LogP contribution in [0.15, 0.2) is 18.2 Å². The maximum atomic E-state index is 12.8. The number of nitrogens with zero attached hydrogens (tertiary/aromatic N) is 1. The molecule has 0 aliphatic heterocycles. The summed E-state index contributed by atoms with van der Waals surface area (Å²) >= 11 is 1.57. The molecule has 1 aromatic heterocycles. The van der Waals surface area contributed by atoms with Crippen molar-refractivity contribution in [2.75, 3.05) is 6.54 Å². The second-order valence-electron chi connectivity index (χ2n) is 2.76. The first-order chi connectivity index (χ1) is 6.29. The first-order valence-electron chi connectivity index (χ1n) is 4.04. The highest BCUT2D eigenvalue weighted by Gasteiger charge is 2.03. The Kier molecular flexibility index (Phi) is 6.05. The summed E-state index contributed by atoms with van der Waals surface area (Å²) in [5.41, 5.74) is 6.13. The van der Waals surface area contributed by atoms with Gasteiger partial charge in [0.15, 0.2) is 0 Å². The molecule has 15 heavy (non-hydrogen) atoms. The van der Waals surface area contributed by atoms with Gasteiger partial charge in [-0.2, -0.15) is 0 Å². The van der Waals surface area contributed by atoms with Gasteiger partial charge < -0.3 is 5.73 Å². The molecule has 0 atom stereocenters. The Morgan fingerprint density at radius 3 is 2.73 bits per heavy atom. The zero-order chi connectivity index (χ0) is 9.26. The SMILES string of the molecule is Cl.Cl.NCCc1nc2cc(F)ccc2s1. The second-order valence-corrected chi connectivity index (χ2v) is 3.87. The van der Waals surface area contributed by atoms with Gasteiger partial charge in [-0.15, -0.1) is 36.2 Å². The molecule has 6 heteroatoms. The van der Waals surface area contributed by atoms with Crippen LogP contribution in [0.25, 0.3) is 10.2 Å². The number of aromatic nitrogens is 1. The summed E-state index contributed by atoms with van der Waals surface area (Å²) in [5.74, 6) is -0.239. The summed E-state index contributed by atoms with van der Waals surface area (Å²) in [6.07, 6.45) is 0.765. The van der Waals surface area contributed by atoms with Gasteiger partial charge in [-0.3, -0.25) is 0 Å². The summed E-state index contributed by atoms with van der Waals surface area (Å²) in [7, 11) is 0. The van der Waals surface area contributed by atoms with Gasteiger partial charge in [0.1, 0.15) is 5.82 Å². The van der Waals surface area contributed by atoms with Gasteiger partial charge in [0.2, 0.25) is 0 Å². The van der Waals surface area contributed by atoms with E-state index in [-0.39, 0.29) is 30.6 Å². The molecule has 2 N–H and O–H groups in total. The summed E-state index contributed by atoms with van der Waals surface area (Å²) in [5, 5.41) is 0.975. The van der Waals surface area contributed by atoms with Crippen LogP contribution in [0.4, 0.5) is 4.39 Å². The smallest absolute Gasteiger partial charge is 0.125 e. The van der Waals surface area contributed by atoms with Gasteiger partial charge in [0.05, 0.1) is 15.2 Å². The topological polar surface area (TPSA) is 38.9 Å². The van der Waals surface area contributed by atoms with Gasteiger partial charge >= 0.3 is 0 Å². The minimum Gasteiger partial charge on any atom is -0.330 e. The van der Waals surface area contributed by atoms with Crippen molar-refractivity contribution in [1.29, 1.82) is 0 Å². The first-order valence-corrected chi connectivity index (χ1v) is 4.86. The molecule has 0 aliphatic rings. The van der Waals surface area contributed by atoms with Crippen molar-refractivity contribution in [1.82, 2.24) is 4.98 Å². The molecule has 0 unspecified atom stereocenters. The monoisotopic (exact) mass is 268 g/mol. The average Bonchev–Trinajstić information content (AvgIpc) is 2.46. The molecule has 1 aromatic carbocycles. The number of thiazole rings is 1. The molecule has 0 radical (unpaired) electrons. The molecule has 0 bridgehead atoms. The molecule has 0 spiro atoms. The third-order valence-corrected chi connectivity index (χ3v) is 2.85. The van der Waals surface area contributed by atoms with Crippen molar-refractivity contribution >= 4 is 46.4 Å². The maximum Gasteiger partial charge on any atom is 0.125 e. The molecule has 0 saturated heterocycles. The summed E-state index contributed by atoms with van der Waals surface area (Å²) in [4.78, 5) is 4.26. The van der Waals surface area contributed by atoms with Gasteiger partial charge in [-0.05, 0) is 18.7 Å². The predicted octanol–water partition coefficient (Wildman–Crippen LogP) is 2.78. The molecule has 0 amide bonds.